The summed E-state index contributed by atoms with van der Waals surface area (Å²) in [4.78, 5) is 95.2. The molecule has 0 spiro atoms. The number of anilines is 2. The molecule has 5 rings (SSSR count). The Morgan fingerprint density at radius 1 is 1.00 bits per heavy atom. The Balaban J connectivity index is 1.04. The van der Waals surface area contributed by atoms with E-state index in [1.807, 2.05) is 17.0 Å². The first-order valence-corrected chi connectivity index (χ1v) is 21.8. The zero-order chi connectivity index (χ0) is 46.8. The molecule has 2 fully saturated rings. The molecule has 0 radical (unpaired) electrons. The van der Waals surface area contributed by atoms with Crippen LogP contribution in [0.5, 0.6) is 5.75 Å². The number of carbonyl (C=O) groups is 7. The zero-order valence-electron chi connectivity index (χ0n) is 36.1. The number of aldehydes is 1. The number of nitrogens with one attached hydrogen (secondary N) is 5. The number of hydrogen-bond acceptors (Lipinski definition) is 14. The number of hydrogen-bond donors (Lipinski definition) is 8. The maximum atomic E-state index is 13.4. The number of rotatable bonds is 22. The Bertz CT molecular complexity index is 2160. The molecule has 1 atom stereocenters. The molecule has 19 nitrogen and oxygen atoms in total. The summed E-state index contributed by atoms with van der Waals surface area (Å²) in [5, 5.41) is 31.7. The topological polar surface area (TPSA) is 258 Å². The highest BCUT2D eigenvalue weighted by molar-refractivity contribution is 7.81. The van der Waals surface area contributed by atoms with Crippen LogP contribution in [0.3, 0.4) is 0 Å². The van der Waals surface area contributed by atoms with Crippen LogP contribution in [-0.4, -0.2) is 130 Å². The molecular formula is C45H56N8O11S. The minimum Gasteiger partial charge on any atom is -0.444 e. The van der Waals surface area contributed by atoms with E-state index in [-0.39, 0.29) is 62.3 Å². The Kier molecular flexibility index (Phi) is 18.8. The average Bonchev–Trinajstić information content (AvgIpc) is 3.28. The fraction of sp³-hybridized carbons (Fsp3) is 0.422. The number of amides is 6. The van der Waals surface area contributed by atoms with E-state index in [9.17, 15) is 43.8 Å². The molecule has 3 aromatic rings. The second-order valence-electron chi connectivity index (χ2n) is 15.7. The summed E-state index contributed by atoms with van der Waals surface area (Å²) in [5.74, 6) is -1.47. The van der Waals surface area contributed by atoms with E-state index in [1.165, 1.54) is 36.2 Å². The summed E-state index contributed by atoms with van der Waals surface area (Å²) in [5.41, 5.74) is 0.819. The number of thiol groups is 1. The molecule has 20 heteroatoms. The van der Waals surface area contributed by atoms with Gasteiger partial charge in [0.05, 0.1) is 10.9 Å². The Morgan fingerprint density at radius 3 is 2.48 bits per heavy atom. The van der Waals surface area contributed by atoms with Crippen molar-refractivity contribution in [3.8, 4) is 5.75 Å². The van der Waals surface area contributed by atoms with E-state index in [1.54, 1.807) is 42.7 Å². The lowest BCUT2D eigenvalue weighted by Crippen LogP contribution is -2.76. The highest BCUT2D eigenvalue weighted by Crippen LogP contribution is 2.28. The van der Waals surface area contributed by atoms with E-state index in [0.717, 1.165) is 37.7 Å². The summed E-state index contributed by atoms with van der Waals surface area (Å²) in [6.07, 6.45) is 10.6. The van der Waals surface area contributed by atoms with Crippen LogP contribution in [0.1, 0.15) is 66.4 Å². The fourth-order valence-electron chi connectivity index (χ4n) is 7.30. The van der Waals surface area contributed by atoms with Crippen molar-refractivity contribution >= 4 is 72.0 Å². The normalized spacial score (nSPS) is 15.0. The number of pyridine rings is 1. The number of benzene rings is 2. The lowest BCUT2D eigenvalue weighted by Gasteiger charge is -2.47. The standard InChI is InChI=1S/C45H56N8O11S/c1-52(41(58)37(65)17-23-54)45(28-47-29-45)42(59)49-20-14-39(56)51-35-24-32(10-12-36(35)64-44(61)62)27-63-43(60)50-34-9-4-8-33(25-34)40(57)53-21-15-30(16-22-53)6-2-3-19-48-38(55)13-11-31-7-5-18-46-26-31/h4-5,7-13,18,23-26,30,37,44,47,61-62,65H,2-3,6,14-17,19-22,27-29H2,1H3,(H,48,55)(H,49,59)(H,50,60)(H,51,56)/b13-11+. The third-order valence-corrected chi connectivity index (χ3v) is 11.5. The molecule has 0 aliphatic carbocycles. The smallest absolute Gasteiger partial charge is 0.411 e. The average molecular weight is 917 g/mol. The van der Waals surface area contributed by atoms with Crippen LogP contribution in [0.15, 0.2) is 73.1 Å². The van der Waals surface area contributed by atoms with Crippen molar-refractivity contribution in [2.24, 2.45) is 5.92 Å². The Hall–Kier alpha value is -6.35. The molecule has 2 aliphatic rings. The van der Waals surface area contributed by atoms with Crippen LogP contribution in [0, 0.1) is 5.92 Å². The number of ether oxygens (including phenoxy) is 2. The predicted octanol–water partition coefficient (Wildman–Crippen LogP) is 2.46. The van der Waals surface area contributed by atoms with Crippen LogP contribution in [0.25, 0.3) is 6.08 Å². The van der Waals surface area contributed by atoms with Gasteiger partial charge in [0.25, 0.3) is 5.91 Å². The molecule has 7 N–H and O–H groups in total. The van der Waals surface area contributed by atoms with Crippen LogP contribution < -0.4 is 31.3 Å². The molecule has 0 bridgehead atoms. The highest BCUT2D eigenvalue weighted by Gasteiger charge is 2.50. The fourth-order valence-corrected chi connectivity index (χ4v) is 7.56. The molecule has 6 amide bonds. The van der Waals surface area contributed by atoms with Crippen molar-refractivity contribution in [1.29, 1.82) is 0 Å². The SMILES string of the molecule is CN(C(=O)C(S)CC=O)C1(C(=O)NCCC(=O)Nc2cc(COC(=O)Nc3cccc(C(=O)N4CCC(CCCCNC(=O)/C=C/c5cccnc5)CC4)c3)ccc2OC(O)O)CNC1. The highest BCUT2D eigenvalue weighted by atomic mass is 32.1. The third-order valence-electron chi connectivity index (χ3n) is 11.1. The first kappa shape index (κ1) is 49.7. The van der Waals surface area contributed by atoms with Crippen molar-refractivity contribution in [3.05, 3.63) is 89.8 Å². The van der Waals surface area contributed by atoms with Gasteiger partial charge < -0.3 is 55.5 Å². The molecule has 2 aliphatic heterocycles. The second-order valence-corrected chi connectivity index (χ2v) is 16.3. The number of aliphatic hydroxyl groups excluding tert-OH is 1. The number of aromatic nitrogens is 1. The van der Waals surface area contributed by atoms with Crippen LogP contribution in [0.4, 0.5) is 16.2 Å². The van der Waals surface area contributed by atoms with E-state index in [0.29, 0.717) is 48.7 Å². The lowest BCUT2D eigenvalue weighted by atomic mass is 9.88. The van der Waals surface area contributed by atoms with Gasteiger partial charge in [0.2, 0.25) is 23.6 Å². The zero-order valence-corrected chi connectivity index (χ0v) is 37.0. The number of unbranched alkanes of at least 4 members (excludes halogenated alkanes) is 1. The molecule has 2 saturated heterocycles. The summed E-state index contributed by atoms with van der Waals surface area (Å²) < 4.78 is 10.4. The molecule has 1 unspecified atom stereocenters. The van der Waals surface area contributed by atoms with Gasteiger partial charge in [0.15, 0.2) is 0 Å². The minimum absolute atomic E-state index is 0.0261. The Labute approximate surface area is 382 Å². The maximum Gasteiger partial charge on any atom is 0.411 e. The molecule has 1 aromatic heterocycles. The van der Waals surface area contributed by atoms with Gasteiger partial charge in [-0.2, -0.15) is 12.6 Å². The number of aliphatic hydroxyl groups is 2. The minimum atomic E-state index is -2.21. The number of carbonyl (C=O) groups excluding carboxylic acids is 7. The van der Waals surface area contributed by atoms with E-state index in [2.05, 4.69) is 44.2 Å². The van der Waals surface area contributed by atoms with Gasteiger partial charge in [-0.15, -0.1) is 0 Å². The van der Waals surface area contributed by atoms with Crippen LogP contribution >= 0.6 is 12.6 Å². The summed E-state index contributed by atoms with van der Waals surface area (Å²) >= 11 is 4.16. The Morgan fingerprint density at radius 2 is 1.78 bits per heavy atom. The molecular weight excluding hydrogens is 861 g/mol. The molecule has 3 heterocycles. The number of nitrogens with zero attached hydrogens (tertiary/aromatic N) is 3. The van der Waals surface area contributed by atoms with Gasteiger partial charge in [-0.1, -0.05) is 31.0 Å². The van der Waals surface area contributed by atoms with Gasteiger partial charge in [-0.25, -0.2) is 4.79 Å². The van der Waals surface area contributed by atoms with Crippen molar-refractivity contribution in [3.63, 3.8) is 0 Å². The third kappa shape index (κ3) is 14.8. The molecule has 348 valence electrons. The number of piperidine rings is 1. The van der Waals surface area contributed by atoms with Crippen molar-refractivity contribution < 1.29 is 53.2 Å². The number of likely N-dealkylation sites (N-methyl/N-ethyl adjacent to an activating group) is 1. The first-order valence-electron chi connectivity index (χ1n) is 21.3. The van der Waals surface area contributed by atoms with E-state index in [4.69, 9.17) is 9.47 Å². The van der Waals surface area contributed by atoms with Crippen molar-refractivity contribution in [1.82, 2.24) is 30.7 Å². The van der Waals surface area contributed by atoms with E-state index < -0.39 is 41.1 Å². The summed E-state index contributed by atoms with van der Waals surface area (Å²) in [7, 11) is 1.45. The quantitative estimate of drug-likeness (QED) is 0.0237. The number of likely N-dealkylation sites (tertiary alicyclic amines) is 1. The van der Waals surface area contributed by atoms with Gasteiger partial charge in [-0.05, 0) is 78.8 Å². The van der Waals surface area contributed by atoms with Gasteiger partial charge in [-0.3, -0.25) is 34.3 Å². The molecule has 0 saturated carbocycles. The van der Waals surface area contributed by atoms with Gasteiger partial charge in [0.1, 0.15) is 24.2 Å². The largest absolute Gasteiger partial charge is 0.444 e. The van der Waals surface area contributed by atoms with Gasteiger partial charge >= 0.3 is 12.6 Å². The van der Waals surface area contributed by atoms with Crippen molar-refractivity contribution in [2.45, 2.75) is 68.8 Å². The van der Waals surface area contributed by atoms with Gasteiger partial charge in [0, 0.05) is 88.9 Å². The molecule has 65 heavy (non-hydrogen) atoms. The summed E-state index contributed by atoms with van der Waals surface area (Å²) in [6.45, 7) is -0.439. The predicted molar refractivity (Wildman–Crippen MR) is 242 cm³/mol. The second kappa shape index (κ2) is 24.6. The first-order chi connectivity index (χ1) is 31.3. The molecule has 2 aromatic carbocycles. The van der Waals surface area contributed by atoms with Crippen LogP contribution in [0.2, 0.25) is 0 Å². The summed E-state index contributed by atoms with van der Waals surface area (Å²) in [6, 6.07) is 14.5. The van der Waals surface area contributed by atoms with E-state index >= 15 is 0 Å². The monoisotopic (exact) mass is 916 g/mol. The van der Waals surface area contributed by atoms with Crippen molar-refractivity contribution in [2.75, 3.05) is 56.9 Å². The lowest BCUT2D eigenvalue weighted by molar-refractivity contribution is -0.179. The maximum absolute atomic E-state index is 13.4. The van der Waals surface area contributed by atoms with Crippen LogP contribution in [-0.2, 0) is 35.3 Å².